The summed E-state index contributed by atoms with van der Waals surface area (Å²) in [7, 11) is -1.76. The van der Waals surface area contributed by atoms with Crippen molar-refractivity contribution in [1.82, 2.24) is 15.5 Å². The van der Waals surface area contributed by atoms with Gasteiger partial charge in [0.25, 0.3) is 5.91 Å². The third kappa shape index (κ3) is 13.2. The summed E-state index contributed by atoms with van der Waals surface area (Å²) >= 11 is 0. The van der Waals surface area contributed by atoms with Crippen molar-refractivity contribution in [2.75, 3.05) is 13.1 Å². The molecule has 1 saturated heterocycles. The van der Waals surface area contributed by atoms with Gasteiger partial charge < -0.3 is 37.0 Å². The van der Waals surface area contributed by atoms with E-state index in [-0.39, 0.29) is 24.5 Å². The number of unbranched alkanes of at least 4 members (excludes halogenated alkanes) is 2. The van der Waals surface area contributed by atoms with E-state index in [9.17, 15) is 38.8 Å². The van der Waals surface area contributed by atoms with Crippen molar-refractivity contribution in [1.29, 1.82) is 0 Å². The third-order valence-corrected chi connectivity index (χ3v) is 9.81. The molecule has 8 N–H and O–H groups in total. The molecule has 0 aliphatic carbocycles. The van der Waals surface area contributed by atoms with Crippen LogP contribution in [0.4, 0.5) is 0 Å². The highest BCUT2D eigenvalue weighted by molar-refractivity contribution is 6.43. The number of hydrogen-bond donors (Lipinski definition) is 6. The minimum absolute atomic E-state index is 0.235. The average Bonchev–Trinajstić information content (AvgIpc) is 3.63. The van der Waals surface area contributed by atoms with Crippen molar-refractivity contribution in [2.24, 2.45) is 17.4 Å². The molecule has 53 heavy (non-hydrogen) atoms. The van der Waals surface area contributed by atoms with Gasteiger partial charge in [0.05, 0.1) is 18.5 Å². The summed E-state index contributed by atoms with van der Waals surface area (Å²) < 4.78 is 0. The molecule has 1 fully saturated rings. The summed E-state index contributed by atoms with van der Waals surface area (Å²) in [6, 6.07) is 12.6. The highest BCUT2D eigenvalue weighted by Gasteiger charge is 2.38. The molecule has 0 aromatic heterocycles. The van der Waals surface area contributed by atoms with E-state index in [0.29, 0.717) is 50.8 Å². The maximum absolute atomic E-state index is 14.0. The van der Waals surface area contributed by atoms with Crippen LogP contribution in [0, 0.1) is 5.92 Å². The number of likely N-dealkylation sites (tertiary alicyclic amines) is 1. The third-order valence-electron chi connectivity index (χ3n) is 9.81. The zero-order valence-electron chi connectivity index (χ0n) is 31.2. The number of primary amides is 1. The van der Waals surface area contributed by atoms with Crippen LogP contribution in [0.1, 0.15) is 101 Å². The normalized spacial score (nSPS) is 16.3. The molecule has 0 radical (unpaired) electrons. The first-order valence-corrected chi connectivity index (χ1v) is 18.8. The van der Waals surface area contributed by atoms with Crippen LogP contribution in [-0.2, 0) is 30.4 Å². The number of nitrogens with one attached hydrogen (secondary N) is 2. The smallest absolute Gasteiger partial charge is 0.427 e. The summed E-state index contributed by atoms with van der Waals surface area (Å²) in [5, 5.41) is 24.1. The van der Waals surface area contributed by atoms with Crippen molar-refractivity contribution in [2.45, 2.75) is 115 Å². The summed E-state index contributed by atoms with van der Waals surface area (Å²) in [4.78, 5) is 79.9. The number of amides is 4. The van der Waals surface area contributed by atoms with E-state index in [1.807, 2.05) is 12.1 Å². The Labute approximate surface area is 312 Å². The Morgan fingerprint density at radius 1 is 0.868 bits per heavy atom. The van der Waals surface area contributed by atoms with Gasteiger partial charge in [-0.05, 0) is 86.1 Å². The van der Waals surface area contributed by atoms with Crippen LogP contribution in [0.15, 0.2) is 48.5 Å². The van der Waals surface area contributed by atoms with Gasteiger partial charge in [0.15, 0.2) is 11.6 Å². The maximum Gasteiger partial charge on any atom is 0.454 e. The standard InChI is InChI=1S/C39H56BN5O8/c1-4-5-9-27-12-14-28(15-13-27)29-16-18-30(19-17-29)38(50)43-31(10-6-7-20-41)39(51)45-21-8-11-33(45)35(47)22-25(2)37(49)44-32(24-36(42)48)34(46)23-26(3)40(52)53/h12-19,25-26,31-33,52-53H,4-11,20-24,41H2,1-3H3,(H2,42,48)(H,43,50)(H,44,49)/t25-,26-,31+,32+,33+/m1/s1. The number of carbonyl (C=O) groups excluding carboxylic acids is 6. The second-order valence-electron chi connectivity index (χ2n) is 14.2. The molecule has 1 aliphatic rings. The topological polar surface area (TPSA) is 222 Å². The molecular formula is C39H56BN5O8. The fourth-order valence-electron chi connectivity index (χ4n) is 6.47. The zero-order valence-corrected chi connectivity index (χ0v) is 31.2. The molecule has 2 aromatic rings. The quantitative estimate of drug-likeness (QED) is 0.0773. The molecule has 1 heterocycles. The van der Waals surface area contributed by atoms with E-state index in [1.165, 1.54) is 24.3 Å². The second-order valence-corrected chi connectivity index (χ2v) is 14.2. The van der Waals surface area contributed by atoms with Crippen molar-refractivity contribution in [3.8, 4) is 11.1 Å². The van der Waals surface area contributed by atoms with E-state index in [0.717, 1.165) is 30.4 Å². The number of ketones is 2. The monoisotopic (exact) mass is 733 g/mol. The lowest BCUT2D eigenvalue weighted by atomic mass is 9.71. The minimum atomic E-state index is -1.76. The summed E-state index contributed by atoms with van der Waals surface area (Å²) in [6.07, 6.45) is 4.81. The lowest BCUT2D eigenvalue weighted by molar-refractivity contribution is -0.140. The van der Waals surface area contributed by atoms with Gasteiger partial charge in [0.1, 0.15) is 6.04 Å². The predicted molar refractivity (Wildman–Crippen MR) is 203 cm³/mol. The Morgan fingerprint density at radius 2 is 1.51 bits per heavy atom. The van der Waals surface area contributed by atoms with Crippen LogP contribution in [0.3, 0.4) is 0 Å². The number of Topliss-reactive ketones (excluding diaryl/α,β-unsaturated/α-hetero) is 2. The molecule has 2 aromatic carbocycles. The lowest BCUT2D eigenvalue weighted by Gasteiger charge is -2.29. The highest BCUT2D eigenvalue weighted by atomic mass is 16.4. The molecule has 0 bridgehead atoms. The largest absolute Gasteiger partial charge is 0.454 e. The van der Waals surface area contributed by atoms with E-state index in [4.69, 9.17) is 11.5 Å². The summed E-state index contributed by atoms with van der Waals surface area (Å²) in [6.45, 7) is 5.84. The zero-order chi connectivity index (χ0) is 39.1. The van der Waals surface area contributed by atoms with Crippen molar-refractivity contribution in [3.05, 3.63) is 59.7 Å². The van der Waals surface area contributed by atoms with Gasteiger partial charge in [-0.3, -0.25) is 28.8 Å². The molecule has 288 valence electrons. The van der Waals surface area contributed by atoms with Crippen LogP contribution in [0.25, 0.3) is 11.1 Å². The number of aryl methyl sites for hydroxylation is 1. The molecule has 3 rings (SSSR count). The minimum Gasteiger partial charge on any atom is -0.427 e. The molecular weight excluding hydrogens is 677 g/mol. The second kappa shape index (κ2) is 21.3. The number of carbonyl (C=O) groups is 6. The van der Waals surface area contributed by atoms with Gasteiger partial charge in [0.2, 0.25) is 17.7 Å². The van der Waals surface area contributed by atoms with Crippen molar-refractivity contribution >= 4 is 42.3 Å². The molecule has 0 saturated carbocycles. The van der Waals surface area contributed by atoms with E-state index >= 15 is 0 Å². The fourth-order valence-corrected chi connectivity index (χ4v) is 6.47. The molecule has 0 spiro atoms. The van der Waals surface area contributed by atoms with Crippen LogP contribution >= 0.6 is 0 Å². The molecule has 13 nitrogen and oxygen atoms in total. The number of hydrogen-bond acceptors (Lipinski definition) is 9. The Hall–Kier alpha value is -4.40. The number of nitrogens with zero attached hydrogens (tertiary/aromatic N) is 1. The molecule has 1 aliphatic heterocycles. The van der Waals surface area contributed by atoms with E-state index < -0.39 is 66.9 Å². The summed E-state index contributed by atoms with van der Waals surface area (Å²) in [5.74, 6) is -4.97. The maximum atomic E-state index is 14.0. The Morgan fingerprint density at radius 3 is 2.09 bits per heavy atom. The highest BCUT2D eigenvalue weighted by Crippen LogP contribution is 2.25. The van der Waals surface area contributed by atoms with Crippen molar-refractivity contribution in [3.63, 3.8) is 0 Å². The van der Waals surface area contributed by atoms with Crippen LogP contribution < -0.4 is 22.1 Å². The van der Waals surface area contributed by atoms with E-state index in [2.05, 4.69) is 41.8 Å². The number of benzene rings is 2. The molecule has 5 atom stereocenters. The van der Waals surface area contributed by atoms with Gasteiger partial charge in [-0.15, -0.1) is 0 Å². The fraction of sp³-hybridized carbons (Fsp3) is 0.538. The molecule has 4 amide bonds. The Balaban J connectivity index is 1.67. The van der Waals surface area contributed by atoms with Crippen LogP contribution in [0.2, 0.25) is 5.82 Å². The van der Waals surface area contributed by atoms with E-state index in [1.54, 1.807) is 12.1 Å². The summed E-state index contributed by atoms with van der Waals surface area (Å²) in [5.41, 5.74) is 14.7. The number of rotatable bonds is 22. The van der Waals surface area contributed by atoms with Gasteiger partial charge in [-0.25, -0.2) is 0 Å². The predicted octanol–water partition coefficient (Wildman–Crippen LogP) is 2.69. The lowest BCUT2D eigenvalue weighted by Crippen LogP contribution is -2.52. The number of nitrogens with two attached hydrogens (primary N) is 2. The first-order chi connectivity index (χ1) is 25.2. The Kier molecular flexibility index (Phi) is 17.3. The van der Waals surface area contributed by atoms with Crippen LogP contribution in [0.5, 0.6) is 0 Å². The Bertz CT molecular complexity index is 1550. The average molecular weight is 734 g/mol. The van der Waals surface area contributed by atoms with Crippen LogP contribution in [-0.4, -0.2) is 88.5 Å². The first kappa shape index (κ1) is 43.0. The first-order valence-electron chi connectivity index (χ1n) is 18.8. The van der Waals surface area contributed by atoms with Crippen molar-refractivity contribution < 1.29 is 38.8 Å². The van der Waals surface area contributed by atoms with Gasteiger partial charge in [-0.1, -0.05) is 63.6 Å². The molecule has 0 unspecified atom stereocenters. The SMILES string of the molecule is CCCCc1ccc(-c2ccc(C(=O)N[C@@H](CCCCN)C(=O)N3CCC[C@H]3C(=O)C[C@@H](C)C(=O)N[C@@H](CC(N)=O)C(=O)C[C@@H](C)B(O)O)cc2)cc1. The van der Waals surface area contributed by atoms with Gasteiger partial charge in [0, 0.05) is 30.9 Å². The molecule has 14 heteroatoms. The van der Waals surface area contributed by atoms with Gasteiger partial charge >= 0.3 is 7.12 Å². The van der Waals surface area contributed by atoms with Gasteiger partial charge in [-0.2, -0.15) is 0 Å².